The molecule has 1 atom stereocenters. The zero-order chi connectivity index (χ0) is 15.4. The molecule has 0 saturated heterocycles. The maximum Gasteiger partial charge on any atom is 0.231 e. The van der Waals surface area contributed by atoms with E-state index in [4.69, 9.17) is 9.47 Å². The lowest BCUT2D eigenvalue weighted by Gasteiger charge is -2.41. The standard InChI is InChI=1S/C20H21NO2/c1-2-9-21-10-8-13-4-3-5-15-18(13)16(21)11-14-6-7-17-20(19(14)15)23-12-22-17/h3-7,16H,2,8-12H2,1H3/t16-/m0/s1. The molecule has 118 valence electrons. The first-order valence-corrected chi connectivity index (χ1v) is 8.64. The second kappa shape index (κ2) is 5.00. The highest BCUT2D eigenvalue weighted by Gasteiger charge is 2.36. The van der Waals surface area contributed by atoms with Crippen molar-refractivity contribution in [3.05, 3.63) is 47.0 Å². The van der Waals surface area contributed by atoms with E-state index in [1.165, 1.54) is 47.3 Å². The Bertz CT molecular complexity index is 783. The molecule has 2 aromatic rings. The highest BCUT2D eigenvalue weighted by Crippen LogP contribution is 2.52. The predicted molar refractivity (Wildman–Crippen MR) is 90.0 cm³/mol. The summed E-state index contributed by atoms with van der Waals surface area (Å²) in [5.41, 5.74) is 7.07. The summed E-state index contributed by atoms with van der Waals surface area (Å²) in [5.74, 6) is 1.84. The van der Waals surface area contributed by atoms with E-state index in [2.05, 4.69) is 42.2 Å². The topological polar surface area (TPSA) is 21.7 Å². The van der Waals surface area contributed by atoms with E-state index in [-0.39, 0.29) is 0 Å². The van der Waals surface area contributed by atoms with Gasteiger partial charge in [-0.05, 0) is 54.1 Å². The summed E-state index contributed by atoms with van der Waals surface area (Å²) in [5, 5.41) is 0. The lowest BCUT2D eigenvalue weighted by Crippen LogP contribution is -2.38. The van der Waals surface area contributed by atoms with Crippen molar-refractivity contribution in [2.24, 2.45) is 0 Å². The Balaban J connectivity index is 1.74. The van der Waals surface area contributed by atoms with Gasteiger partial charge in [0.1, 0.15) is 0 Å². The highest BCUT2D eigenvalue weighted by molar-refractivity contribution is 5.83. The molecule has 3 aliphatic rings. The van der Waals surface area contributed by atoms with Crippen molar-refractivity contribution < 1.29 is 9.47 Å². The van der Waals surface area contributed by atoms with Crippen LogP contribution in [-0.2, 0) is 12.8 Å². The molecule has 1 aliphatic carbocycles. The Labute approximate surface area is 136 Å². The molecule has 5 rings (SSSR count). The van der Waals surface area contributed by atoms with Gasteiger partial charge in [0, 0.05) is 18.2 Å². The third kappa shape index (κ3) is 1.86. The number of fused-ring (bicyclic) bond motifs is 4. The monoisotopic (exact) mass is 307 g/mol. The molecule has 2 heterocycles. The van der Waals surface area contributed by atoms with Crippen LogP contribution in [0, 0.1) is 0 Å². The van der Waals surface area contributed by atoms with Crippen molar-refractivity contribution in [2.45, 2.75) is 32.2 Å². The molecule has 2 aromatic carbocycles. The predicted octanol–water partition coefficient (Wildman–Crippen LogP) is 3.95. The third-order valence-corrected chi connectivity index (χ3v) is 5.46. The lowest BCUT2D eigenvalue weighted by molar-refractivity contribution is 0.173. The average Bonchev–Trinajstić information content (AvgIpc) is 3.06. The van der Waals surface area contributed by atoms with Crippen LogP contribution in [0.4, 0.5) is 0 Å². The Morgan fingerprint density at radius 1 is 1.13 bits per heavy atom. The molecule has 0 bridgehead atoms. The van der Waals surface area contributed by atoms with Gasteiger partial charge in [-0.25, -0.2) is 0 Å². The van der Waals surface area contributed by atoms with Crippen LogP contribution in [0.25, 0.3) is 11.1 Å². The van der Waals surface area contributed by atoms with Gasteiger partial charge in [-0.1, -0.05) is 31.2 Å². The van der Waals surface area contributed by atoms with Gasteiger partial charge < -0.3 is 9.47 Å². The molecule has 3 nitrogen and oxygen atoms in total. The first-order valence-electron chi connectivity index (χ1n) is 8.64. The van der Waals surface area contributed by atoms with Crippen molar-refractivity contribution in [1.82, 2.24) is 4.90 Å². The van der Waals surface area contributed by atoms with Crippen molar-refractivity contribution in [3.63, 3.8) is 0 Å². The van der Waals surface area contributed by atoms with E-state index in [1.54, 1.807) is 0 Å². The highest BCUT2D eigenvalue weighted by atomic mass is 16.7. The second-order valence-corrected chi connectivity index (χ2v) is 6.72. The van der Waals surface area contributed by atoms with Crippen LogP contribution < -0.4 is 9.47 Å². The SMILES string of the molecule is CCCN1CCc2cccc3c2[C@@H]1Cc1ccc2c(c1-3)OCO2. The summed E-state index contributed by atoms with van der Waals surface area (Å²) in [6.45, 7) is 4.97. The van der Waals surface area contributed by atoms with E-state index in [9.17, 15) is 0 Å². The van der Waals surface area contributed by atoms with Crippen molar-refractivity contribution >= 4 is 0 Å². The summed E-state index contributed by atoms with van der Waals surface area (Å²) >= 11 is 0. The van der Waals surface area contributed by atoms with Gasteiger partial charge in [-0.15, -0.1) is 0 Å². The van der Waals surface area contributed by atoms with Crippen molar-refractivity contribution in [3.8, 4) is 22.6 Å². The molecule has 0 spiro atoms. The second-order valence-electron chi connectivity index (χ2n) is 6.72. The van der Waals surface area contributed by atoms with Gasteiger partial charge in [0.25, 0.3) is 0 Å². The molecule has 0 saturated carbocycles. The van der Waals surface area contributed by atoms with Gasteiger partial charge in [0.2, 0.25) is 6.79 Å². The quantitative estimate of drug-likeness (QED) is 0.838. The number of hydrogen-bond donors (Lipinski definition) is 0. The van der Waals surface area contributed by atoms with Crippen LogP contribution in [0.1, 0.15) is 36.1 Å². The first kappa shape index (κ1) is 13.4. The van der Waals surface area contributed by atoms with Crippen LogP contribution in [-0.4, -0.2) is 24.8 Å². The summed E-state index contributed by atoms with van der Waals surface area (Å²) in [6, 6.07) is 11.6. The first-order chi connectivity index (χ1) is 11.4. The van der Waals surface area contributed by atoms with E-state index in [0.717, 1.165) is 24.3 Å². The minimum absolute atomic E-state index is 0.339. The molecule has 0 aromatic heterocycles. The Hall–Kier alpha value is -2.00. The van der Waals surface area contributed by atoms with Gasteiger partial charge >= 0.3 is 0 Å². The maximum atomic E-state index is 5.82. The number of benzene rings is 2. The molecule has 3 heteroatoms. The minimum Gasteiger partial charge on any atom is -0.454 e. The van der Waals surface area contributed by atoms with Crippen molar-refractivity contribution in [1.29, 1.82) is 0 Å². The largest absolute Gasteiger partial charge is 0.454 e. The van der Waals surface area contributed by atoms with Crippen LogP contribution in [0.3, 0.4) is 0 Å². The zero-order valence-electron chi connectivity index (χ0n) is 13.5. The van der Waals surface area contributed by atoms with Crippen LogP contribution in [0.15, 0.2) is 30.3 Å². The van der Waals surface area contributed by atoms with Gasteiger partial charge in [-0.2, -0.15) is 0 Å². The van der Waals surface area contributed by atoms with Gasteiger partial charge in [0.05, 0.1) is 0 Å². The number of nitrogens with zero attached hydrogens (tertiary/aromatic N) is 1. The molecule has 23 heavy (non-hydrogen) atoms. The number of rotatable bonds is 2. The third-order valence-electron chi connectivity index (χ3n) is 5.46. The van der Waals surface area contributed by atoms with E-state index in [0.29, 0.717) is 12.8 Å². The van der Waals surface area contributed by atoms with E-state index in [1.807, 2.05) is 0 Å². The molecule has 2 aliphatic heterocycles. The van der Waals surface area contributed by atoms with E-state index >= 15 is 0 Å². The molecule has 0 N–H and O–H groups in total. The Kier molecular flexibility index (Phi) is 2.92. The maximum absolute atomic E-state index is 5.82. The fourth-order valence-electron chi connectivity index (χ4n) is 4.52. The molecule has 0 fully saturated rings. The fraction of sp³-hybridized carbons (Fsp3) is 0.400. The van der Waals surface area contributed by atoms with Crippen molar-refractivity contribution in [2.75, 3.05) is 19.9 Å². The molecule has 0 amide bonds. The zero-order valence-corrected chi connectivity index (χ0v) is 13.5. The average molecular weight is 307 g/mol. The summed E-state index contributed by atoms with van der Waals surface area (Å²) in [7, 11) is 0. The lowest BCUT2D eigenvalue weighted by atomic mass is 9.76. The van der Waals surface area contributed by atoms with E-state index < -0.39 is 0 Å². The number of hydrogen-bond acceptors (Lipinski definition) is 3. The molecular formula is C20H21NO2. The summed E-state index contributed by atoms with van der Waals surface area (Å²) in [4.78, 5) is 2.67. The van der Waals surface area contributed by atoms with Crippen LogP contribution in [0.2, 0.25) is 0 Å². The van der Waals surface area contributed by atoms with Crippen LogP contribution in [0.5, 0.6) is 11.5 Å². The fourth-order valence-corrected chi connectivity index (χ4v) is 4.52. The minimum atomic E-state index is 0.339. The van der Waals surface area contributed by atoms with Gasteiger partial charge in [0.15, 0.2) is 11.5 Å². The Morgan fingerprint density at radius 3 is 3.00 bits per heavy atom. The number of ether oxygens (including phenoxy) is 2. The van der Waals surface area contributed by atoms with Crippen LogP contribution >= 0.6 is 0 Å². The summed E-state index contributed by atoms with van der Waals surface area (Å²) < 4.78 is 11.4. The normalized spacial score (nSPS) is 21.0. The molecule has 0 radical (unpaired) electrons. The molecular weight excluding hydrogens is 286 g/mol. The van der Waals surface area contributed by atoms with Gasteiger partial charge in [-0.3, -0.25) is 4.90 Å². The smallest absolute Gasteiger partial charge is 0.231 e. The summed E-state index contributed by atoms with van der Waals surface area (Å²) in [6.07, 6.45) is 3.44. The Morgan fingerprint density at radius 2 is 2.09 bits per heavy atom. The molecule has 0 unspecified atom stereocenters.